The Labute approximate surface area is 191 Å². The average Bonchev–Trinajstić information content (AvgIpc) is 2.68. The molecule has 0 aliphatic heterocycles. The fraction of sp³-hybridized carbons (Fsp3) is 0.913. The van der Waals surface area contributed by atoms with Crippen LogP contribution in [0.4, 0.5) is 0 Å². The van der Waals surface area contributed by atoms with Gasteiger partial charge in [-0.25, -0.2) is 0 Å². The van der Waals surface area contributed by atoms with Crippen molar-refractivity contribution in [3.8, 4) is 0 Å². The molecule has 3 unspecified atom stereocenters. The zero-order chi connectivity index (χ0) is 23.6. The third kappa shape index (κ3) is 21.3. The number of hydrogen-bond acceptors (Lipinski definition) is 6. The number of nitrogens with zero attached hydrogens (tertiary/aromatic N) is 1. The number of quaternary nitrogens is 1. The van der Waals surface area contributed by atoms with Gasteiger partial charge in [-0.05, 0) is 12.8 Å². The number of unbranched alkanes of at least 4 members (excludes halogenated alkanes) is 11. The molecule has 0 aromatic rings. The largest absolute Gasteiger partial charge is 0.756 e. The molecule has 0 rings (SSSR count). The Morgan fingerprint density at radius 3 is 2.00 bits per heavy atom. The molecule has 0 radical (unpaired) electrons. The summed E-state index contributed by atoms with van der Waals surface area (Å²) < 4.78 is 22.0. The van der Waals surface area contributed by atoms with Gasteiger partial charge >= 0.3 is 0 Å². The van der Waals surface area contributed by atoms with E-state index < -0.39 is 20.0 Å². The predicted molar refractivity (Wildman–Crippen MR) is 127 cm³/mol. The lowest BCUT2D eigenvalue weighted by molar-refractivity contribution is -0.870. The van der Waals surface area contributed by atoms with Crippen LogP contribution in [0.2, 0.25) is 0 Å². The Hall–Kier alpha value is -0.270. The number of aliphatic hydroxyl groups is 1. The molecule has 0 aliphatic rings. The van der Waals surface area contributed by atoms with E-state index in [0.717, 1.165) is 12.8 Å². The van der Waals surface area contributed by atoms with Gasteiger partial charge < -0.3 is 29.3 Å². The van der Waals surface area contributed by atoms with Crippen LogP contribution in [0.5, 0.6) is 0 Å². The van der Waals surface area contributed by atoms with Crippen molar-refractivity contribution >= 4 is 7.82 Å². The van der Waals surface area contributed by atoms with E-state index in [0.29, 0.717) is 11.0 Å². The van der Waals surface area contributed by atoms with Crippen molar-refractivity contribution in [2.75, 3.05) is 40.9 Å². The molecule has 7 nitrogen and oxygen atoms in total. The van der Waals surface area contributed by atoms with Crippen molar-refractivity contribution in [3.05, 3.63) is 12.2 Å². The molecule has 0 saturated heterocycles. The molecule has 0 aliphatic carbocycles. The standard InChI is InChI=1S/C23H49N2O5P/c1-5-6-7-8-9-10-11-12-13-14-15-16-17-18-23(26)22(24)21-30-31(27,28)29-20-19-25(2,3)4/h17-18,22-23,26H,5-16,19-21,24H2,1-4H3. The highest BCUT2D eigenvalue weighted by Gasteiger charge is 2.18. The monoisotopic (exact) mass is 464 g/mol. The molecular weight excluding hydrogens is 415 g/mol. The van der Waals surface area contributed by atoms with Crippen molar-refractivity contribution in [2.45, 2.75) is 96.1 Å². The molecule has 0 fully saturated rings. The SMILES string of the molecule is CCCCCCCCCCCCCC=CC(O)C(N)COP(=O)([O-])OCC[N+](C)(C)C. The molecule has 0 spiro atoms. The van der Waals surface area contributed by atoms with E-state index in [1.54, 1.807) is 6.08 Å². The van der Waals surface area contributed by atoms with E-state index in [4.69, 9.17) is 14.8 Å². The summed E-state index contributed by atoms with van der Waals surface area (Å²) in [6.45, 7) is 2.51. The average molecular weight is 465 g/mol. The van der Waals surface area contributed by atoms with Crippen LogP contribution < -0.4 is 10.6 Å². The second-order valence-corrected chi connectivity index (χ2v) is 10.9. The number of allylic oxidation sites excluding steroid dienone is 1. The second-order valence-electron chi connectivity index (χ2n) is 9.50. The molecule has 3 atom stereocenters. The van der Waals surface area contributed by atoms with Crippen LogP contribution >= 0.6 is 7.82 Å². The summed E-state index contributed by atoms with van der Waals surface area (Å²) in [4.78, 5) is 11.8. The third-order valence-corrected chi connectivity index (χ3v) is 6.15. The molecule has 0 aromatic carbocycles. The molecule has 0 saturated carbocycles. The van der Waals surface area contributed by atoms with Crippen molar-refractivity contribution in [3.63, 3.8) is 0 Å². The van der Waals surface area contributed by atoms with E-state index in [1.807, 2.05) is 27.2 Å². The number of aliphatic hydroxyl groups excluding tert-OH is 1. The zero-order valence-corrected chi connectivity index (χ0v) is 21.4. The number of hydrogen-bond donors (Lipinski definition) is 2. The fourth-order valence-electron chi connectivity index (χ4n) is 3.04. The number of phosphoric ester groups is 1. The van der Waals surface area contributed by atoms with Crippen LogP contribution in [-0.4, -0.2) is 62.6 Å². The number of nitrogens with two attached hydrogens (primary N) is 1. The Bertz CT molecular complexity index is 497. The van der Waals surface area contributed by atoms with E-state index in [-0.39, 0.29) is 13.2 Å². The van der Waals surface area contributed by atoms with Gasteiger partial charge in [-0.1, -0.05) is 83.3 Å². The topological polar surface area (TPSA) is 105 Å². The van der Waals surface area contributed by atoms with Gasteiger partial charge in [0.15, 0.2) is 0 Å². The maximum Gasteiger partial charge on any atom is 0.268 e. The zero-order valence-electron chi connectivity index (χ0n) is 20.5. The number of phosphoric acid groups is 1. The lowest BCUT2D eigenvalue weighted by Crippen LogP contribution is -2.39. The van der Waals surface area contributed by atoms with Gasteiger partial charge in [-0.3, -0.25) is 4.57 Å². The maximum absolute atomic E-state index is 11.8. The smallest absolute Gasteiger partial charge is 0.268 e. The van der Waals surface area contributed by atoms with Gasteiger partial charge in [0.25, 0.3) is 7.82 Å². The minimum atomic E-state index is -4.41. The summed E-state index contributed by atoms with van der Waals surface area (Å²) >= 11 is 0. The van der Waals surface area contributed by atoms with E-state index in [1.165, 1.54) is 64.2 Å². The summed E-state index contributed by atoms with van der Waals surface area (Å²) in [7, 11) is 1.41. The van der Waals surface area contributed by atoms with Crippen LogP contribution in [0.1, 0.15) is 84.0 Å². The van der Waals surface area contributed by atoms with Crippen LogP contribution in [0.3, 0.4) is 0 Å². The summed E-state index contributed by atoms with van der Waals surface area (Å²) in [5, 5.41) is 10.0. The highest BCUT2D eigenvalue weighted by atomic mass is 31.2. The second kappa shape index (κ2) is 18.2. The molecule has 0 heterocycles. The van der Waals surface area contributed by atoms with E-state index in [9.17, 15) is 14.6 Å². The van der Waals surface area contributed by atoms with Crippen molar-refractivity contribution in [2.24, 2.45) is 5.73 Å². The Morgan fingerprint density at radius 1 is 0.968 bits per heavy atom. The summed E-state index contributed by atoms with van der Waals surface area (Å²) in [6, 6.07) is -0.821. The van der Waals surface area contributed by atoms with Crippen molar-refractivity contribution < 1.29 is 28.1 Å². The first-order valence-electron chi connectivity index (χ1n) is 12.1. The minimum absolute atomic E-state index is 0.0426. The van der Waals surface area contributed by atoms with Gasteiger partial charge in [0.1, 0.15) is 13.2 Å². The molecule has 31 heavy (non-hydrogen) atoms. The highest BCUT2D eigenvalue weighted by molar-refractivity contribution is 7.45. The van der Waals surface area contributed by atoms with Crippen molar-refractivity contribution in [1.82, 2.24) is 0 Å². The molecule has 186 valence electrons. The predicted octanol–water partition coefficient (Wildman–Crippen LogP) is 4.14. The summed E-state index contributed by atoms with van der Waals surface area (Å²) in [5.74, 6) is 0. The van der Waals surface area contributed by atoms with E-state index >= 15 is 0 Å². The Balaban J connectivity index is 3.74. The quantitative estimate of drug-likeness (QED) is 0.114. The third-order valence-electron chi connectivity index (χ3n) is 5.18. The number of rotatable bonds is 21. The summed E-state index contributed by atoms with van der Waals surface area (Å²) in [6.07, 6.45) is 17.8. The first kappa shape index (κ1) is 30.7. The lowest BCUT2D eigenvalue weighted by atomic mass is 10.0. The molecule has 0 amide bonds. The van der Waals surface area contributed by atoms with Gasteiger partial charge in [-0.2, -0.15) is 0 Å². The Kier molecular flexibility index (Phi) is 18.0. The summed E-state index contributed by atoms with van der Waals surface area (Å²) in [5.41, 5.74) is 5.82. The molecule has 0 aromatic heterocycles. The first-order chi connectivity index (χ1) is 14.6. The highest BCUT2D eigenvalue weighted by Crippen LogP contribution is 2.38. The van der Waals surface area contributed by atoms with Gasteiger partial charge in [0.05, 0.1) is 39.9 Å². The van der Waals surface area contributed by atoms with Gasteiger partial charge in [-0.15, -0.1) is 0 Å². The molecule has 8 heteroatoms. The van der Waals surface area contributed by atoms with E-state index in [2.05, 4.69) is 6.92 Å². The Morgan fingerprint density at radius 2 is 1.48 bits per heavy atom. The van der Waals surface area contributed by atoms with Crippen LogP contribution in [0, 0.1) is 0 Å². The van der Waals surface area contributed by atoms with Gasteiger partial charge in [0, 0.05) is 0 Å². The first-order valence-corrected chi connectivity index (χ1v) is 13.5. The van der Waals surface area contributed by atoms with Crippen molar-refractivity contribution in [1.29, 1.82) is 0 Å². The van der Waals surface area contributed by atoms with Crippen LogP contribution in [0.25, 0.3) is 0 Å². The fourth-order valence-corrected chi connectivity index (χ4v) is 3.78. The van der Waals surface area contributed by atoms with Crippen LogP contribution in [-0.2, 0) is 13.6 Å². The molecular formula is C23H49N2O5P. The molecule has 3 N–H and O–H groups in total. The normalized spacial score (nSPS) is 16.5. The molecule has 0 bridgehead atoms. The maximum atomic E-state index is 11.8. The lowest BCUT2D eigenvalue weighted by Gasteiger charge is -2.28. The van der Waals surface area contributed by atoms with Gasteiger partial charge in [0.2, 0.25) is 0 Å². The minimum Gasteiger partial charge on any atom is -0.756 e. The van der Waals surface area contributed by atoms with Crippen LogP contribution in [0.15, 0.2) is 12.2 Å². The number of likely N-dealkylation sites (N-methyl/N-ethyl adjacent to an activating group) is 1.